The molecule has 1 fully saturated rings. The summed E-state index contributed by atoms with van der Waals surface area (Å²) in [6.07, 6.45) is 3.92. The molecule has 2 N–H and O–H groups in total. The summed E-state index contributed by atoms with van der Waals surface area (Å²) in [5.74, 6) is -2.48. The van der Waals surface area contributed by atoms with Gasteiger partial charge in [0.05, 0.1) is 24.2 Å². The summed E-state index contributed by atoms with van der Waals surface area (Å²) in [5, 5.41) is 10.8. The van der Waals surface area contributed by atoms with Crippen LogP contribution in [0.2, 0.25) is 5.02 Å². The first kappa shape index (κ1) is 18.1. The summed E-state index contributed by atoms with van der Waals surface area (Å²) in [6, 6.07) is 6.53. The summed E-state index contributed by atoms with van der Waals surface area (Å²) in [5.41, 5.74) is 1.61. The van der Waals surface area contributed by atoms with Gasteiger partial charge >= 0.3 is 0 Å². The number of hydrogen-bond donors (Lipinski definition) is 2. The van der Waals surface area contributed by atoms with Gasteiger partial charge in [0, 0.05) is 18.1 Å². The van der Waals surface area contributed by atoms with E-state index in [1.165, 1.54) is 12.5 Å². The van der Waals surface area contributed by atoms with E-state index in [9.17, 15) is 8.78 Å². The van der Waals surface area contributed by atoms with Crippen molar-refractivity contribution >= 4 is 28.5 Å². The number of anilines is 1. The highest BCUT2D eigenvalue weighted by atomic mass is 35.5. The van der Waals surface area contributed by atoms with Crippen LogP contribution < -0.4 is 5.32 Å². The van der Waals surface area contributed by atoms with Crippen molar-refractivity contribution in [1.29, 1.82) is 0 Å². The first-order chi connectivity index (χ1) is 13.0. The molecule has 2 aromatic heterocycles. The second kappa shape index (κ2) is 7.36. The fraction of sp³-hybridized carbons (Fsp3) is 0.389. The minimum atomic E-state index is -2.86. The molecule has 0 aliphatic carbocycles. The number of hydrogen-bond acceptors (Lipinski definition) is 5. The minimum absolute atomic E-state index is 0.280. The number of fused-ring (bicyclic) bond motifs is 1. The monoisotopic (exact) mass is 392 g/mol. The van der Waals surface area contributed by atoms with Crippen LogP contribution in [0.4, 0.5) is 14.6 Å². The molecule has 3 aromatic rings. The van der Waals surface area contributed by atoms with Crippen LogP contribution >= 0.6 is 11.6 Å². The smallest absolute Gasteiger partial charge is 0.280 e. The highest BCUT2D eigenvalue weighted by molar-refractivity contribution is 6.30. The lowest BCUT2D eigenvalue weighted by molar-refractivity contribution is -0.0734. The van der Waals surface area contributed by atoms with E-state index in [-0.39, 0.29) is 6.54 Å². The number of benzene rings is 1. The summed E-state index contributed by atoms with van der Waals surface area (Å²) in [7, 11) is 0. The van der Waals surface area contributed by atoms with E-state index in [1.54, 1.807) is 4.90 Å². The number of halogens is 3. The Hall–Kier alpha value is -2.32. The molecule has 1 aliphatic heterocycles. The number of nitrogens with zero attached hydrogens (tertiary/aromatic N) is 4. The first-order valence-corrected chi connectivity index (χ1v) is 9.14. The van der Waals surface area contributed by atoms with Crippen molar-refractivity contribution in [3.8, 4) is 0 Å². The molecular weight excluding hydrogens is 374 g/mol. The highest BCUT2D eigenvalue weighted by Crippen LogP contribution is 2.31. The quantitative estimate of drug-likeness (QED) is 0.696. The van der Waals surface area contributed by atoms with Crippen molar-refractivity contribution in [3.05, 3.63) is 47.4 Å². The van der Waals surface area contributed by atoms with Gasteiger partial charge in [-0.2, -0.15) is 5.10 Å². The maximum atomic E-state index is 14.7. The number of nitrogens with one attached hydrogen (secondary N) is 2. The van der Waals surface area contributed by atoms with Gasteiger partial charge in [0.2, 0.25) is 0 Å². The van der Waals surface area contributed by atoms with Crippen molar-refractivity contribution in [2.75, 3.05) is 25.0 Å². The average molecular weight is 393 g/mol. The van der Waals surface area contributed by atoms with Crippen LogP contribution in [0.1, 0.15) is 12.0 Å². The van der Waals surface area contributed by atoms with Gasteiger partial charge in [-0.1, -0.05) is 23.7 Å². The number of H-pyrrole nitrogens is 1. The Kier molecular flexibility index (Phi) is 4.92. The van der Waals surface area contributed by atoms with Gasteiger partial charge < -0.3 is 5.32 Å². The zero-order valence-corrected chi connectivity index (χ0v) is 15.3. The fourth-order valence-electron chi connectivity index (χ4n) is 3.36. The third-order valence-electron chi connectivity index (χ3n) is 4.87. The van der Waals surface area contributed by atoms with Gasteiger partial charge in [-0.3, -0.25) is 10.00 Å². The van der Waals surface area contributed by atoms with Crippen LogP contribution in [0, 0.1) is 0 Å². The van der Waals surface area contributed by atoms with E-state index in [1.807, 2.05) is 24.3 Å². The largest absolute Gasteiger partial charge is 0.360 e. The molecule has 0 saturated carbocycles. The van der Waals surface area contributed by atoms with E-state index >= 15 is 0 Å². The fourth-order valence-corrected chi connectivity index (χ4v) is 3.49. The second-order valence-electron chi connectivity index (χ2n) is 6.75. The predicted molar refractivity (Wildman–Crippen MR) is 100 cm³/mol. The maximum absolute atomic E-state index is 14.7. The van der Waals surface area contributed by atoms with E-state index in [4.69, 9.17) is 11.6 Å². The van der Waals surface area contributed by atoms with Crippen LogP contribution in [0.3, 0.4) is 0 Å². The van der Waals surface area contributed by atoms with Gasteiger partial charge in [0.15, 0.2) is 5.65 Å². The van der Waals surface area contributed by atoms with Crippen molar-refractivity contribution in [1.82, 2.24) is 25.1 Å². The topological polar surface area (TPSA) is 69.7 Å². The van der Waals surface area contributed by atoms with Gasteiger partial charge in [-0.05, 0) is 30.5 Å². The summed E-state index contributed by atoms with van der Waals surface area (Å²) in [6.45, 7) is 0.905. The van der Waals surface area contributed by atoms with Crippen molar-refractivity contribution in [2.45, 2.75) is 24.8 Å². The van der Waals surface area contributed by atoms with Crippen LogP contribution in [0.25, 0.3) is 11.0 Å². The van der Waals surface area contributed by atoms with Crippen LogP contribution in [0.5, 0.6) is 0 Å². The number of aromatic nitrogens is 4. The second-order valence-corrected chi connectivity index (χ2v) is 7.19. The van der Waals surface area contributed by atoms with Gasteiger partial charge in [-0.25, -0.2) is 18.7 Å². The van der Waals surface area contributed by atoms with E-state index in [0.717, 1.165) is 5.56 Å². The molecule has 142 valence electrons. The number of piperidine rings is 1. The Balaban J connectivity index is 1.38. The Labute approximate surface area is 159 Å². The van der Waals surface area contributed by atoms with Crippen LogP contribution in [0.15, 0.2) is 36.8 Å². The lowest BCUT2D eigenvalue weighted by Crippen LogP contribution is -2.54. The normalized spacial score (nSPS) is 20.0. The molecule has 27 heavy (non-hydrogen) atoms. The van der Waals surface area contributed by atoms with Crippen molar-refractivity contribution in [3.63, 3.8) is 0 Å². The summed E-state index contributed by atoms with van der Waals surface area (Å²) < 4.78 is 29.4. The molecule has 1 aromatic carbocycles. The number of rotatable bonds is 5. The van der Waals surface area contributed by atoms with Crippen LogP contribution in [-0.2, 0) is 6.42 Å². The van der Waals surface area contributed by atoms with E-state index in [0.29, 0.717) is 47.8 Å². The molecule has 4 rings (SSSR count). The first-order valence-electron chi connectivity index (χ1n) is 8.76. The van der Waals surface area contributed by atoms with Crippen LogP contribution in [-0.4, -0.2) is 56.7 Å². The summed E-state index contributed by atoms with van der Waals surface area (Å²) in [4.78, 5) is 9.94. The maximum Gasteiger partial charge on any atom is 0.280 e. The summed E-state index contributed by atoms with van der Waals surface area (Å²) >= 11 is 5.88. The Morgan fingerprint density at radius 1 is 1.26 bits per heavy atom. The van der Waals surface area contributed by atoms with Gasteiger partial charge in [0.25, 0.3) is 5.92 Å². The molecule has 1 atom stereocenters. The Morgan fingerprint density at radius 3 is 2.85 bits per heavy atom. The number of aromatic amines is 1. The minimum Gasteiger partial charge on any atom is -0.360 e. The number of alkyl halides is 2. The van der Waals surface area contributed by atoms with Crippen molar-refractivity contribution < 1.29 is 8.78 Å². The molecule has 1 aliphatic rings. The zero-order valence-electron chi connectivity index (χ0n) is 14.5. The molecule has 9 heteroatoms. The van der Waals surface area contributed by atoms with Crippen molar-refractivity contribution in [2.24, 2.45) is 0 Å². The molecule has 3 heterocycles. The lowest BCUT2D eigenvalue weighted by atomic mass is 10.00. The van der Waals surface area contributed by atoms with E-state index < -0.39 is 12.0 Å². The third-order valence-corrected chi connectivity index (χ3v) is 5.12. The molecule has 0 spiro atoms. The molecular formula is C18H19ClF2N6. The number of likely N-dealkylation sites (tertiary alicyclic amines) is 1. The van der Waals surface area contributed by atoms with E-state index in [2.05, 4.69) is 25.5 Å². The molecule has 1 saturated heterocycles. The molecule has 0 unspecified atom stereocenters. The Morgan fingerprint density at radius 2 is 2.07 bits per heavy atom. The zero-order chi connectivity index (χ0) is 18.9. The SMILES string of the molecule is FC1(F)CN(CCc2ccc(Cl)cc2)CC[C@@H]1Nc1ncnc2[nH]ncc12. The molecule has 0 amide bonds. The van der Waals surface area contributed by atoms with Gasteiger partial charge in [0.1, 0.15) is 12.1 Å². The Bertz CT molecular complexity index is 914. The lowest BCUT2D eigenvalue weighted by Gasteiger charge is -2.38. The molecule has 0 bridgehead atoms. The third kappa shape index (κ3) is 4.01. The molecule has 0 radical (unpaired) electrons. The standard InChI is InChI=1S/C18H19ClF2N6/c19-13-3-1-12(2-4-13)5-7-27-8-6-15(18(20,21)10-27)25-16-14-9-24-26-17(14)23-11-22-16/h1-4,9,11,15H,5-8,10H2,(H2,22,23,24,25,26)/t15-/m0/s1. The average Bonchev–Trinajstić information content (AvgIpc) is 3.13. The highest BCUT2D eigenvalue weighted by Gasteiger charge is 2.44. The van der Waals surface area contributed by atoms with Gasteiger partial charge in [-0.15, -0.1) is 0 Å². The predicted octanol–water partition coefficient (Wildman–Crippen LogP) is 3.37. The molecule has 6 nitrogen and oxygen atoms in total.